The maximum Gasteiger partial charge on any atom is 0.234 e. The van der Waals surface area contributed by atoms with Gasteiger partial charge in [-0.05, 0) is 19.1 Å². The molecule has 5 heteroatoms. The minimum atomic E-state index is 0.105. The van der Waals surface area contributed by atoms with Gasteiger partial charge in [-0.2, -0.15) is 0 Å². The fourth-order valence-electron chi connectivity index (χ4n) is 2.31. The molecule has 1 aliphatic heterocycles. The van der Waals surface area contributed by atoms with Gasteiger partial charge in [-0.25, -0.2) is 0 Å². The van der Waals surface area contributed by atoms with Crippen LogP contribution in [0.3, 0.4) is 0 Å². The number of carbonyl (C=O) groups excluding carboxylic acids is 1. The van der Waals surface area contributed by atoms with Crippen molar-refractivity contribution in [3.8, 4) is 0 Å². The zero-order valence-electron chi connectivity index (χ0n) is 11.2. The van der Waals surface area contributed by atoms with Crippen LogP contribution in [-0.2, 0) is 4.79 Å². The predicted molar refractivity (Wildman–Crippen MR) is 78.8 cm³/mol. The Bertz CT molecular complexity index is 430. The van der Waals surface area contributed by atoms with Crippen LogP contribution in [-0.4, -0.2) is 50.1 Å². The SMILES string of the molecule is CCNC(=O)CN1CCN(c2ccccc2Cl)CC1. The number of anilines is 1. The summed E-state index contributed by atoms with van der Waals surface area (Å²) in [6.45, 7) is 6.72. The van der Waals surface area contributed by atoms with E-state index in [-0.39, 0.29) is 5.91 Å². The number of nitrogens with zero attached hydrogens (tertiary/aromatic N) is 2. The van der Waals surface area contributed by atoms with Crippen LogP contribution in [0.4, 0.5) is 5.69 Å². The van der Waals surface area contributed by atoms with Crippen LogP contribution in [0.2, 0.25) is 5.02 Å². The lowest BCUT2D eigenvalue weighted by Crippen LogP contribution is -2.49. The lowest BCUT2D eigenvalue weighted by Gasteiger charge is -2.36. The van der Waals surface area contributed by atoms with Gasteiger partial charge in [-0.1, -0.05) is 23.7 Å². The lowest BCUT2D eigenvalue weighted by molar-refractivity contribution is -0.122. The molecular formula is C14H20ClN3O. The fourth-order valence-corrected chi connectivity index (χ4v) is 2.57. The molecule has 1 aromatic carbocycles. The monoisotopic (exact) mass is 281 g/mol. The molecule has 104 valence electrons. The first-order valence-electron chi connectivity index (χ1n) is 6.69. The van der Waals surface area contributed by atoms with E-state index in [1.807, 2.05) is 31.2 Å². The molecule has 4 nitrogen and oxygen atoms in total. The second kappa shape index (κ2) is 6.78. The van der Waals surface area contributed by atoms with E-state index < -0.39 is 0 Å². The van der Waals surface area contributed by atoms with E-state index >= 15 is 0 Å². The van der Waals surface area contributed by atoms with Gasteiger partial charge >= 0.3 is 0 Å². The van der Waals surface area contributed by atoms with Crippen LogP contribution < -0.4 is 10.2 Å². The first-order chi connectivity index (χ1) is 9.20. The molecule has 1 amide bonds. The van der Waals surface area contributed by atoms with E-state index in [1.54, 1.807) is 0 Å². The highest BCUT2D eigenvalue weighted by Crippen LogP contribution is 2.25. The molecule has 0 spiro atoms. The van der Waals surface area contributed by atoms with Crippen molar-refractivity contribution < 1.29 is 4.79 Å². The standard InChI is InChI=1S/C14H20ClN3O/c1-2-16-14(19)11-17-7-9-18(10-8-17)13-6-4-3-5-12(13)15/h3-6H,2,7-11H2,1H3,(H,16,19). The zero-order chi connectivity index (χ0) is 13.7. The summed E-state index contributed by atoms with van der Waals surface area (Å²) in [5, 5.41) is 3.62. The van der Waals surface area contributed by atoms with Crippen LogP contribution in [0.5, 0.6) is 0 Å². The third-order valence-electron chi connectivity index (χ3n) is 3.31. The molecule has 2 rings (SSSR count). The van der Waals surface area contributed by atoms with Crippen LogP contribution in [0.1, 0.15) is 6.92 Å². The van der Waals surface area contributed by atoms with Crippen molar-refractivity contribution in [2.75, 3.05) is 44.2 Å². The van der Waals surface area contributed by atoms with Crippen molar-refractivity contribution in [3.05, 3.63) is 29.3 Å². The molecule has 1 fully saturated rings. The molecule has 0 saturated carbocycles. The maximum absolute atomic E-state index is 11.5. The predicted octanol–water partition coefficient (Wildman–Crippen LogP) is 1.60. The van der Waals surface area contributed by atoms with E-state index in [0.29, 0.717) is 13.1 Å². The summed E-state index contributed by atoms with van der Waals surface area (Å²) < 4.78 is 0. The Hall–Kier alpha value is -1.26. The summed E-state index contributed by atoms with van der Waals surface area (Å²) in [7, 11) is 0. The summed E-state index contributed by atoms with van der Waals surface area (Å²) in [6.07, 6.45) is 0. The fraction of sp³-hybridized carbons (Fsp3) is 0.500. The number of piperazine rings is 1. The molecule has 1 N–H and O–H groups in total. The van der Waals surface area contributed by atoms with Gasteiger partial charge in [0.2, 0.25) is 5.91 Å². The second-order valence-corrected chi connectivity index (χ2v) is 5.08. The van der Waals surface area contributed by atoms with Crippen LogP contribution in [0.25, 0.3) is 0 Å². The van der Waals surface area contributed by atoms with Gasteiger partial charge in [-0.3, -0.25) is 9.69 Å². The minimum absolute atomic E-state index is 0.105. The molecule has 1 aliphatic rings. The summed E-state index contributed by atoms with van der Waals surface area (Å²) in [5.74, 6) is 0.105. The highest BCUT2D eigenvalue weighted by atomic mass is 35.5. The number of likely N-dealkylation sites (N-methyl/N-ethyl adjacent to an activating group) is 1. The average molecular weight is 282 g/mol. The van der Waals surface area contributed by atoms with Crippen molar-refractivity contribution in [2.24, 2.45) is 0 Å². The Labute approximate surface area is 119 Å². The highest BCUT2D eigenvalue weighted by Gasteiger charge is 2.19. The van der Waals surface area contributed by atoms with Crippen molar-refractivity contribution in [2.45, 2.75) is 6.92 Å². The Morgan fingerprint density at radius 2 is 1.95 bits per heavy atom. The van der Waals surface area contributed by atoms with Gasteiger partial charge in [0, 0.05) is 32.7 Å². The van der Waals surface area contributed by atoms with Gasteiger partial charge in [0.15, 0.2) is 0 Å². The molecular weight excluding hydrogens is 262 g/mol. The molecule has 0 aromatic heterocycles. The molecule has 0 bridgehead atoms. The summed E-state index contributed by atoms with van der Waals surface area (Å²) in [5.41, 5.74) is 1.09. The maximum atomic E-state index is 11.5. The van der Waals surface area contributed by atoms with Crippen LogP contribution in [0, 0.1) is 0 Å². The van der Waals surface area contributed by atoms with Gasteiger partial charge in [-0.15, -0.1) is 0 Å². The first kappa shape index (κ1) is 14.2. The molecule has 0 atom stereocenters. The Balaban J connectivity index is 1.86. The van der Waals surface area contributed by atoms with E-state index in [9.17, 15) is 4.79 Å². The number of hydrogen-bond acceptors (Lipinski definition) is 3. The third-order valence-corrected chi connectivity index (χ3v) is 3.63. The Morgan fingerprint density at radius 3 is 2.58 bits per heavy atom. The lowest BCUT2D eigenvalue weighted by atomic mass is 10.2. The molecule has 19 heavy (non-hydrogen) atoms. The topological polar surface area (TPSA) is 35.6 Å². The van der Waals surface area contributed by atoms with Gasteiger partial charge in [0.25, 0.3) is 0 Å². The van der Waals surface area contributed by atoms with E-state index in [4.69, 9.17) is 11.6 Å². The van der Waals surface area contributed by atoms with Gasteiger partial charge in [0.1, 0.15) is 0 Å². The van der Waals surface area contributed by atoms with E-state index in [2.05, 4.69) is 15.1 Å². The zero-order valence-corrected chi connectivity index (χ0v) is 12.0. The third kappa shape index (κ3) is 3.85. The van der Waals surface area contributed by atoms with Crippen molar-refractivity contribution >= 4 is 23.2 Å². The number of nitrogens with one attached hydrogen (secondary N) is 1. The van der Waals surface area contributed by atoms with Crippen molar-refractivity contribution in [1.29, 1.82) is 0 Å². The highest BCUT2D eigenvalue weighted by molar-refractivity contribution is 6.33. The minimum Gasteiger partial charge on any atom is -0.368 e. The number of halogens is 1. The molecule has 0 aliphatic carbocycles. The van der Waals surface area contributed by atoms with Crippen molar-refractivity contribution in [1.82, 2.24) is 10.2 Å². The second-order valence-electron chi connectivity index (χ2n) is 4.67. The Morgan fingerprint density at radius 1 is 1.26 bits per heavy atom. The molecule has 0 radical (unpaired) electrons. The smallest absolute Gasteiger partial charge is 0.234 e. The summed E-state index contributed by atoms with van der Waals surface area (Å²) in [4.78, 5) is 16.0. The van der Waals surface area contributed by atoms with E-state index in [1.165, 1.54) is 0 Å². The Kier molecular flexibility index (Phi) is 5.05. The largest absolute Gasteiger partial charge is 0.368 e. The number of hydrogen-bond donors (Lipinski definition) is 1. The molecule has 1 saturated heterocycles. The van der Waals surface area contributed by atoms with Crippen LogP contribution >= 0.6 is 11.6 Å². The number of amides is 1. The number of para-hydroxylation sites is 1. The number of rotatable bonds is 4. The number of benzene rings is 1. The first-order valence-corrected chi connectivity index (χ1v) is 7.07. The normalized spacial score (nSPS) is 16.4. The quantitative estimate of drug-likeness (QED) is 0.911. The summed E-state index contributed by atoms with van der Waals surface area (Å²) in [6, 6.07) is 7.90. The molecule has 0 unspecified atom stereocenters. The van der Waals surface area contributed by atoms with Gasteiger partial charge in [0.05, 0.1) is 17.3 Å². The average Bonchev–Trinajstić information content (AvgIpc) is 2.41. The van der Waals surface area contributed by atoms with Crippen molar-refractivity contribution in [3.63, 3.8) is 0 Å². The summed E-state index contributed by atoms with van der Waals surface area (Å²) >= 11 is 6.20. The van der Waals surface area contributed by atoms with E-state index in [0.717, 1.165) is 36.9 Å². The van der Waals surface area contributed by atoms with Crippen LogP contribution in [0.15, 0.2) is 24.3 Å². The number of carbonyl (C=O) groups is 1. The van der Waals surface area contributed by atoms with Gasteiger partial charge < -0.3 is 10.2 Å². The molecule has 1 heterocycles. The molecule has 1 aromatic rings.